The molecule has 7 rings (SSSR count). The number of allylic oxidation sites excluding steroid dienone is 4. The number of furan rings is 1. The fourth-order valence-electron chi connectivity index (χ4n) is 8.46. The Morgan fingerprint density at radius 3 is 2.32 bits per heavy atom. The minimum atomic E-state index is -1.27. The van der Waals surface area contributed by atoms with E-state index in [1.165, 1.54) is 28.2 Å². The summed E-state index contributed by atoms with van der Waals surface area (Å²) in [5.41, 5.74) is -1.49. The van der Waals surface area contributed by atoms with Crippen molar-refractivity contribution in [2.45, 2.75) is 72.2 Å². The highest BCUT2D eigenvalue weighted by Gasteiger charge is 2.67. The maximum Gasteiger partial charge on any atom is 0.347 e. The van der Waals surface area contributed by atoms with Gasteiger partial charge in [-0.1, -0.05) is 19.9 Å². The number of rotatable bonds is 7. The van der Waals surface area contributed by atoms with Crippen molar-refractivity contribution in [1.82, 2.24) is 23.5 Å². The zero-order chi connectivity index (χ0) is 36.0. The molecular weight excluding hydrogens is 646 g/mol. The van der Waals surface area contributed by atoms with Gasteiger partial charge in [-0.15, -0.1) is 0 Å². The lowest BCUT2D eigenvalue weighted by atomic mass is 9.44. The number of nitrogens with zero attached hydrogens (tertiary/aromatic N) is 5. The summed E-state index contributed by atoms with van der Waals surface area (Å²) in [7, 11) is 4.61. The molecule has 4 atom stereocenters. The Balaban J connectivity index is 1.32. The average Bonchev–Trinajstić information content (AvgIpc) is 3.68. The van der Waals surface area contributed by atoms with Crippen LogP contribution >= 0.6 is 0 Å². The van der Waals surface area contributed by atoms with E-state index in [2.05, 4.69) is 4.98 Å². The van der Waals surface area contributed by atoms with Crippen LogP contribution in [-0.4, -0.2) is 54.4 Å². The summed E-state index contributed by atoms with van der Waals surface area (Å²) in [5.74, 6) is 0.428. The van der Waals surface area contributed by atoms with E-state index < -0.39 is 34.2 Å². The second-order valence-electron chi connectivity index (χ2n) is 13.8. The molecule has 4 aromatic rings. The highest BCUT2D eigenvalue weighted by molar-refractivity contribution is 6.17. The summed E-state index contributed by atoms with van der Waals surface area (Å²) in [6, 6.07) is 5.89. The number of methoxy groups -OCH3 is 2. The molecule has 0 bridgehead atoms. The Hall–Kier alpha value is -5.24. The molecule has 1 fully saturated rings. The maximum atomic E-state index is 14.3. The van der Waals surface area contributed by atoms with Gasteiger partial charge in [-0.2, -0.15) is 0 Å². The van der Waals surface area contributed by atoms with E-state index in [0.29, 0.717) is 50.8 Å². The number of ether oxygens (including phenoxy) is 2. The molecule has 50 heavy (non-hydrogen) atoms. The Morgan fingerprint density at radius 1 is 0.980 bits per heavy atom. The first-order valence-electron chi connectivity index (χ1n) is 16.4. The number of aliphatic hydroxyl groups excluding tert-OH is 1. The molecule has 262 valence electrons. The summed E-state index contributed by atoms with van der Waals surface area (Å²) >= 11 is 0. The van der Waals surface area contributed by atoms with Gasteiger partial charge < -0.3 is 23.6 Å². The lowest BCUT2D eigenvalue weighted by Crippen LogP contribution is -2.61. The lowest BCUT2D eigenvalue weighted by Gasteiger charge is -2.57. The number of ketones is 2. The van der Waals surface area contributed by atoms with E-state index in [1.54, 1.807) is 59.0 Å². The fourth-order valence-corrected chi connectivity index (χ4v) is 8.46. The largest absolute Gasteiger partial charge is 0.493 e. The smallest absolute Gasteiger partial charge is 0.347 e. The van der Waals surface area contributed by atoms with E-state index in [1.807, 2.05) is 6.08 Å². The number of carbonyl (C=O) groups is 2. The molecule has 3 aliphatic rings. The first kappa shape index (κ1) is 33.3. The molecule has 0 amide bonds. The van der Waals surface area contributed by atoms with Crippen LogP contribution in [0.5, 0.6) is 11.5 Å². The molecule has 2 aliphatic carbocycles. The van der Waals surface area contributed by atoms with Crippen molar-refractivity contribution in [2.24, 2.45) is 17.9 Å². The number of aryl methyl sites for hydroxylation is 2. The molecule has 1 aliphatic heterocycles. The maximum absolute atomic E-state index is 14.3. The van der Waals surface area contributed by atoms with Crippen molar-refractivity contribution in [3.8, 4) is 11.5 Å². The van der Waals surface area contributed by atoms with Gasteiger partial charge in [-0.25, -0.2) is 28.5 Å². The molecule has 14 heteroatoms. The summed E-state index contributed by atoms with van der Waals surface area (Å²) in [6.07, 6.45) is 1.93. The predicted molar refractivity (Wildman–Crippen MR) is 180 cm³/mol. The van der Waals surface area contributed by atoms with Gasteiger partial charge in [-0.05, 0) is 49.1 Å². The van der Waals surface area contributed by atoms with Crippen LogP contribution in [0.3, 0.4) is 0 Å². The number of aliphatic hydroxyl groups is 1. The molecule has 14 nitrogen and oxygen atoms in total. The standard InChI is InChI=1S/C36H39N5O9/c1-18-19(2)31(44)36(4)29(26-9-8-20(17-42)50-26)21-10-13-40-33(46)39(34(47)41(40)25(21)16-35(36,3)30(18)43)12-11-22-32(45)38(5)24-15-28(49-7)27(48-6)14-23(24)37-22/h8-10,14-15,25,29,42H,11-13,16-17H2,1-7H3. The number of carbonyl (C=O) groups excluding carboxylic acids is 2. The van der Waals surface area contributed by atoms with Crippen molar-refractivity contribution >= 4 is 22.6 Å². The van der Waals surface area contributed by atoms with Gasteiger partial charge in [0.1, 0.15) is 23.8 Å². The normalized spacial score (nSPS) is 24.6. The SMILES string of the molecule is COc1cc2nc(CCn3c(=O)n4n(c3=O)C3CC5(C)C(=O)C(C)=C(C)C(=O)C5(C)C(c5ccc(CO)o5)C3=CC4)c(=O)n(C)c2cc1OC. The second-order valence-corrected chi connectivity index (χ2v) is 13.8. The minimum absolute atomic E-state index is 0.00787. The van der Waals surface area contributed by atoms with E-state index in [-0.39, 0.29) is 55.4 Å². The molecule has 1 aromatic carbocycles. The lowest BCUT2D eigenvalue weighted by molar-refractivity contribution is -0.151. The van der Waals surface area contributed by atoms with Gasteiger partial charge in [0.15, 0.2) is 23.1 Å². The van der Waals surface area contributed by atoms with Crippen LogP contribution < -0.4 is 26.4 Å². The number of hydrogen-bond acceptors (Lipinski definition) is 10. The molecule has 3 aromatic heterocycles. The van der Waals surface area contributed by atoms with Gasteiger partial charge in [0, 0.05) is 37.6 Å². The number of benzene rings is 1. The van der Waals surface area contributed by atoms with Crippen LogP contribution in [0.1, 0.15) is 63.3 Å². The molecule has 4 unspecified atom stereocenters. The van der Waals surface area contributed by atoms with Crippen LogP contribution in [-0.2, 0) is 42.8 Å². The van der Waals surface area contributed by atoms with E-state index in [9.17, 15) is 29.1 Å². The molecule has 0 radical (unpaired) electrons. The predicted octanol–water partition coefficient (Wildman–Crippen LogP) is 2.57. The topological polar surface area (TPSA) is 170 Å². The van der Waals surface area contributed by atoms with Gasteiger partial charge in [0.2, 0.25) is 0 Å². The van der Waals surface area contributed by atoms with Crippen molar-refractivity contribution in [3.63, 3.8) is 0 Å². The summed E-state index contributed by atoms with van der Waals surface area (Å²) in [6.45, 7) is 6.41. The highest BCUT2D eigenvalue weighted by atomic mass is 16.5. The quantitative estimate of drug-likeness (QED) is 0.285. The van der Waals surface area contributed by atoms with Crippen molar-refractivity contribution < 1.29 is 28.6 Å². The van der Waals surface area contributed by atoms with E-state index >= 15 is 0 Å². The van der Waals surface area contributed by atoms with Crippen LogP contribution in [0.15, 0.2) is 65.9 Å². The Morgan fingerprint density at radius 2 is 1.66 bits per heavy atom. The number of fused-ring (bicyclic) bond motifs is 5. The van der Waals surface area contributed by atoms with E-state index in [4.69, 9.17) is 13.9 Å². The molecule has 1 N–H and O–H groups in total. The van der Waals surface area contributed by atoms with Gasteiger partial charge in [0.25, 0.3) is 5.56 Å². The Kier molecular flexibility index (Phi) is 7.59. The fraction of sp³-hybridized carbons (Fsp3) is 0.444. The van der Waals surface area contributed by atoms with Crippen LogP contribution in [0.4, 0.5) is 0 Å². The van der Waals surface area contributed by atoms with Crippen LogP contribution in [0.2, 0.25) is 0 Å². The zero-order valence-electron chi connectivity index (χ0n) is 29.0. The molecule has 0 saturated heterocycles. The molecule has 4 heterocycles. The third kappa shape index (κ3) is 4.30. The minimum Gasteiger partial charge on any atom is -0.493 e. The summed E-state index contributed by atoms with van der Waals surface area (Å²) < 4.78 is 22.1. The highest BCUT2D eigenvalue weighted by Crippen LogP contribution is 2.66. The summed E-state index contributed by atoms with van der Waals surface area (Å²) in [5, 5.41) is 9.80. The monoisotopic (exact) mass is 685 g/mol. The van der Waals surface area contributed by atoms with Crippen molar-refractivity contribution in [3.05, 3.63) is 95.6 Å². The Labute approximate surface area is 285 Å². The summed E-state index contributed by atoms with van der Waals surface area (Å²) in [4.78, 5) is 74.5. The van der Waals surface area contributed by atoms with Gasteiger partial charge in [0.05, 0.1) is 49.2 Å². The number of aromatic nitrogens is 5. The van der Waals surface area contributed by atoms with Crippen LogP contribution in [0.25, 0.3) is 11.0 Å². The first-order chi connectivity index (χ1) is 23.7. The van der Waals surface area contributed by atoms with Crippen molar-refractivity contribution in [2.75, 3.05) is 14.2 Å². The number of Topliss-reactive ketones (excluding diaryl/α,β-unsaturated/α-hetero) is 2. The zero-order valence-corrected chi connectivity index (χ0v) is 29.0. The molecule has 1 saturated carbocycles. The first-order valence-corrected chi connectivity index (χ1v) is 16.4. The third-order valence-corrected chi connectivity index (χ3v) is 11.5. The third-order valence-electron chi connectivity index (χ3n) is 11.5. The number of hydrogen-bond donors (Lipinski definition) is 1. The van der Waals surface area contributed by atoms with Crippen LogP contribution in [0, 0.1) is 10.8 Å². The average molecular weight is 686 g/mol. The van der Waals surface area contributed by atoms with Gasteiger partial charge >= 0.3 is 11.4 Å². The van der Waals surface area contributed by atoms with Crippen molar-refractivity contribution in [1.29, 1.82) is 0 Å². The molecule has 0 spiro atoms. The second kappa shape index (κ2) is 11.4. The van der Waals surface area contributed by atoms with Gasteiger partial charge in [-0.3, -0.25) is 14.4 Å². The van der Waals surface area contributed by atoms with E-state index in [0.717, 1.165) is 4.57 Å². The molecular formula is C36H39N5O9. The Bertz CT molecular complexity index is 2380.